The molecule has 5 nitrogen and oxygen atoms in total. The van der Waals surface area contributed by atoms with Crippen LogP contribution >= 0.6 is 15.9 Å². The Labute approximate surface area is 165 Å². The molecule has 6 heteroatoms. The van der Waals surface area contributed by atoms with Gasteiger partial charge in [-0.2, -0.15) is 0 Å². The Balaban J connectivity index is 1.85. The molecule has 0 aliphatic heterocycles. The number of rotatable bonds is 6. The fourth-order valence-corrected chi connectivity index (χ4v) is 3.28. The normalized spacial score (nSPS) is 12.0. The number of nitrogens with one attached hydrogen (secondary N) is 1. The van der Waals surface area contributed by atoms with Gasteiger partial charge in [-0.1, -0.05) is 46.3 Å². The third kappa shape index (κ3) is 4.39. The van der Waals surface area contributed by atoms with Crippen LogP contribution in [-0.4, -0.2) is 24.5 Å². The molecule has 1 aromatic heterocycles. The van der Waals surface area contributed by atoms with Gasteiger partial charge in [0.1, 0.15) is 11.6 Å². The summed E-state index contributed by atoms with van der Waals surface area (Å²) in [4.78, 5) is 25.1. The van der Waals surface area contributed by atoms with Gasteiger partial charge < -0.3 is 14.5 Å². The SMILES string of the molecule is CCOC(=O)C(Cc1ccccc1)NC(=O)c1oc2ccc(Br)cc2c1C. The van der Waals surface area contributed by atoms with Crippen molar-refractivity contribution in [2.75, 3.05) is 6.61 Å². The van der Waals surface area contributed by atoms with E-state index in [1.807, 2.05) is 49.4 Å². The minimum absolute atomic E-state index is 0.200. The number of furan rings is 1. The summed E-state index contributed by atoms with van der Waals surface area (Å²) < 4.78 is 11.8. The third-order valence-electron chi connectivity index (χ3n) is 4.26. The minimum Gasteiger partial charge on any atom is -0.464 e. The highest BCUT2D eigenvalue weighted by Gasteiger charge is 2.26. The Hall–Kier alpha value is -2.60. The Morgan fingerprint density at radius 3 is 2.63 bits per heavy atom. The second-order valence-corrected chi connectivity index (χ2v) is 7.08. The molecule has 1 amide bonds. The maximum atomic E-state index is 12.8. The first-order chi connectivity index (χ1) is 13.0. The van der Waals surface area contributed by atoms with Crippen LogP contribution in [0.25, 0.3) is 11.0 Å². The molecule has 1 atom stereocenters. The van der Waals surface area contributed by atoms with E-state index in [0.717, 1.165) is 21.0 Å². The second kappa shape index (κ2) is 8.39. The van der Waals surface area contributed by atoms with Gasteiger partial charge in [0.25, 0.3) is 5.91 Å². The van der Waals surface area contributed by atoms with E-state index in [-0.39, 0.29) is 12.4 Å². The Bertz CT molecular complexity index is 965. The lowest BCUT2D eigenvalue weighted by atomic mass is 10.1. The second-order valence-electron chi connectivity index (χ2n) is 6.16. The Morgan fingerprint density at radius 2 is 1.93 bits per heavy atom. The van der Waals surface area contributed by atoms with Crippen LogP contribution in [-0.2, 0) is 16.0 Å². The van der Waals surface area contributed by atoms with Gasteiger partial charge in [0.15, 0.2) is 5.76 Å². The van der Waals surface area contributed by atoms with Crippen LogP contribution in [0.4, 0.5) is 0 Å². The summed E-state index contributed by atoms with van der Waals surface area (Å²) in [5.74, 6) is -0.703. The maximum absolute atomic E-state index is 12.8. The number of esters is 1. The summed E-state index contributed by atoms with van der Waals surface area (Å²) in [5, 5.41) is 3.62. The molecule has 1 N–H and O–H groups in total. The molecular formula is C21H20BrNO4. The smallest absolute Gasteiger partial charge is 0.328 e. The zero-order valence-electron chi connectivity index (χ0n) is 15.1. The van der Waals surface area contributed by atoms with Gasteiger partial charge in [0, 0.05) is 21.8 Å². The topological polar surface area (TPSA) is 68.5 Å². The number of fused-ring (bicyclic) bond motifs is 1. The van der Waals surface area contributed by atoms with E-state index in [1.165, 1.54) is 0 Å². The summed E-state index contributed by atoms with van der Waals surface area (Å²) in [5.41, 5.74) is 2.28. The van der Waals surface area contributed by atoms with E-state index in [0.29, 0.717) is 12.0 Å². The van der Waals surface area contributed by atoms with Crippen molar-refractivity contribution in [3.8, 4) is 0 Å². The fourth-order valence-electron chi connectivity index (χ4n) is 2.92. The quantitative estimate of drug-likeness (QED) is 0.589. The average molecular weight is 430 g/mol. The standard InChI is InChI=1S/C21H20BrNO4/c1-3-26-21(25)17(11-14-7-5-4-6-8-14)23-20(24)19-13(2)16-12-15(22)9-10-18(16)27-19/h4-10,12,17H,3,11H2,1-2H3,(H,23,24). The Morgan fingerprint density at radius 1 is 1.19 bits per heavy atom. The molecule has 1 unspecified atom stereocenters. The highest BCUT2D eigenvalue weighted by Crippen LogP contribution is 2.28. The van der Waals surface area contributed by atoms with Crippen LogP contribution in [0.5, 0.6) is 0 Å². The summed E-state index contributed by atoms with van der Waals surface area (Å²) in [7, 11) is 0. The molecule has 0 saturated heterocycles. The van der Waals surface area contributed by atoms with Gasteiger partial charge in [0.2, 0.25) is 0 Å². The maximum Gasteiger partial charge on any atom is 0.328 e. The summed E-state index contributed by atoms with van der Waals surface area (Å²) in [6, 6.07) is 14.3. The van der Waals surface area contributed by atoms with E-state index >= 15 is 0 Å². The molecule has 0 aliphatic carbocycles. The first-order valence-corrected chi connectivity index (χ1v) is 9.49. The molecule has 3 rings (SSSR count). The van der Waals surface area contributed by atoms with Crippen LogP contribution in [0.15, 0.2) is 57.4 Å². The number of amides is 1. The van der Waals surface area contributed by atoms with Crippen molar-refractivity contribution >= 4 is 38.8 Å². The number of aryl methyl sites for hydroxylation is 1. The highest BCUT2D eigenvalue weighted by molar-refractivity contribution is 9.10. The van der Waals surface area contributed by atoms with Crippen molar-refractivity contribution in [3.05, 3.63) is 69.9 Å². The number of hydrogen-bond donors (Lipinski definition) is 1. The molecule has 0 spiro atoms. The van der Waals surface area contributed by atoms with Gasteiger partial charge in [-0.05, 0) is 37.6 Å². The van der Waals surface area contributed by atoms with Crippen molar-refractivity contribution in [1.82, 2.24) is 5.32 Å². The van der Waals surface area contributed by atoms with Crippen molar-refractivity contribution in [1.29, 1.82) is 0 Å². The van der Waals surface area contributed by atoms with Crippen LogP contribution < -0.4 is 5.32 Å². The van der Waals surface area contributed by atoms with Crippen LogP contribution in [0.1, 0.15) is 28.6 Å². The first-order valence-electron chi connectivity index (χ1n) is 8.69. The number of halogens is 1. The molecule has 0 fully saturated rings. The summed E-state index contributed by atoms with van der Waals surface area (Å²) >= 11 is 3.42. The fraction of sp³-hybridized carbons (Fsp3) is 0.238. The van der Waals surface area contributed by atoms with Gasteiger partial charge in [0.05, 0.1) is 6.61 Å². The third-order valence-corrected chi connectivity index (χ3v) is 4.76. The number of benzene rings is 2. The van der Waals surface area contributed by atoms with Crippen molar-refractivity contribution in [2.24, 2.45) is 0 Å². The average Bonchev–Trinajstić information content (AvgIpc) is 2.98. The first kappa shape index (κ1) is 19.2. The summed E-state index contributed by atoms with van der Waals surface area (Å²) in [6.45, 7) is 3.81. The van der Waals surface area contributed by atoms with Gasteiger partial charge in [-0.3, -0.25) is 4.79 Å². The number of carbonyl (C=O) groups excluding carboxylic acids is 2. The molecule has 2 aromatic carbocycles. The molecule has 3 aromatic rings. The molecule has 0 radical (unpaired) electrons. The van der Waals surface area contributed by atoms with Crippen molar-refractivity contribution in [2.45, 2.75) is 26.3 Å². The Kier molecular flexibility index (Phi) is 5.96. The van der Waals surface area contributed by atoms with Gasteiger partial charge in [-0.15, -0.1) is 0 Å². The lowest BCUT2D eigenvalue weighted by Gasteiger charge is -2.17. The number of hydrogen-bond acceptors (Lipinski definition) is 4. The lowest BCUT2D eigenvalue weighted by molar-refractivity contribution is -0.145. The molecule has 0 saturated carbocycles. The van der Waals surface area contributed by atoms with Crippen molar-refractivity contribution < 1.29 is 18.7 Å². The van der Waals surface area contributed by atoms with E-state index in [2.05, 4.69) is 21.2 Å². The predicted molar refractivity (Wildman–Crippen MR) is 107 cm³/mol. The monoisotopic (exact) mass is 429 g/mol. The summed E-state index contributed by atoms with van der Waals surface area (Å²) in [6.07, 6.45) is 0.343. The molecule has 1 heterocycles. The number of ether oxygens (including phenoxy) is 1. The van der Waals surface area contributed by atoms with Gasteiger partial charge >= 0.3 is 5.97 Å². The van der Waals surface area contributed by atoms with Crippen LogP contribution in [0.3, 0.4) is 0 Å². The van der Waals surface area contributed by atoms with Crippen molar-refractivity contribution in [3.63, 3.8) is 0 Å². The molecule has 27 heavy (non-hydrogen) atoms. The zero-order valence-corrected chi connectivity index (χ0v) is 16.7. The zero-order chi connectivity index (χ0) is 19.4. The highest BCUT2D eigenvalue weighted by atomic mass is 79.9. The largest absolute Gasteiger partial charge is 0.464 e. The van der Waals surface area contributed by atoms with E-state index in [1.54, 1.807) is 13.0 Å². The van der Waals surface area contributed by atoms with E-state index in [4.69, 9.17) is 9.15 Å². The molecule has 140 valence electrons. The van der Waals surface area contributed by atoms with Gasteiger partial charge in [-0.25, -0.2) is 4.79 Å². The van der Waals surface area contributed by atoms with Crippen LogP contribution in [0, 0.1) is 6.92 Å². The minimum atomic E-state index is -0.792. The predicted octanol–water partition coefficient (Wildman–Crippen LogP) is 4.41. The van der Waals surface area contributed by atoms with E-state index in [9.17, 15) is 9.59 Å². The lowest BCUT2D eigenvalue weighted by Crippen LogP contribution is -2.43. The molecule has 0 aliphatic rings. The van der Waals surface area contributed by atoms with E-state index < -0.39 is 17.9 Å². The molecular weight excluding hydrogens is 410 g/mol. The van der Waals surface area contributed by atoms with Crippen LogP contribution in [0.2, 0.25) is 0 Å². The molecule has 0 bridgehead atoms. The number of carbonyl (C=O) groups is 2.